The summed E-state index contributed by atoms with van der Waals surface area (Å²) in [7, 11) is 0. The van der Waals surface area contributed by atoms with Crippen LogP contribution in [0.1, 0.15) is 27.3 Å². The fraction of sp³-hybridized carbons (Fsp3) is 0.318. The van der Waals surface area contributed by atoms with E-state index in [4.69, 9.17) is 4.74 Å². The van der Waals surface area contributed by atoms with Crippen molar-refractivity contribution in [3.63, 3.8) is 0 Å². The van der Waals surface area contributed by atoms with E-state index in [0.29, 0.717) is 25.3 Å². The molecule has 0 atom stereocenters. The third-order valence-electron chi connectivity index (χ3n) is 5.00. The predicted octanol–water partition coefficient (Wildman–Crippen LogP) is 2.65. The molecule has 0 bridgehead atoms. The quantitative estimate of drug-likeness (QED) is 0.724. The number of benzene rings is 1. The van der Waals surface area contributed by atoms with Crippen LogP contribution in [0.25, 0.3) is 5.69 Å². The van der Waals surface area contributed by atoms with Gasteiger partial charge in [-0.15, -0.1) is 0 Å². The van der Waals surface area contributed by atoms with Gasteiger partial charge in [0, 0.05) is 42.7 Å². The molecule has 1 saturated heterocycles. The molecule has 150 valence electrons. The molecule has 3 aromatic rings. The molecule has 7 heteroatoms. The normalized spacial score (nSPS) is 14.1. The standard InChI is InChI=1S/C22H25N5O2/c1-16-14-17(2)27(25-16)20-7-5-18(6-8-20)22(28)24-15-19-4-3-9-23-21(19)26-10-12-29-13-11-26/h3-9,14H,10-13,15H2,1-2H3,(H,24,28). The molecule has 1 aliphatic rings. The Hall–Kier alpha value is -3.19. The van der Waals surface area contributed by atoms with Crippen LogP contribution in [0.15, 0.2) is 48.7 Å². The number of morpholine rings is 1. The first kappa shape index (κ1) is 19.1. The second-order valence-electron chi connectivity index (χ2n) is 7.15. The molecule has 1 aromatic carbocycles. The second kappa shape index (κ2) is 8.45. The first-order valence-corrected chi connectivity index (χ1v) is 9.80. The van der Waals surface area contributed by atoms with Crippen LogP contribution in [0.2, 0.25) is 0 Å². The highest BCUT2D eigenvalue weighted by Gasteiger charge is 2.16. The number of ether oxygens (including phenoxy) is 1. The summed E-state index contributed by atoms with van der Waals surface area (Å²) in [4.78, 5) is 19.4. The number of nitrogens with zero attached hydrogens (tertiary/aromatic N) is 4. The average molecular weight is 391 g/mol. The number of pyridine rings is 1. The van der Waals surface area contributed by atoms with Gasteiger partial charge in [0.25, 0.3) is 5.91 Å². The zero-order valence-corrected chi connectivity index (χ0v) is 16.8. The Labute approximate surface area is 170 Å². The van der Waals surface area contributed by atoms with Crippen LogP contribution in [0.5, 0.6) is 0 Å². The van der Waals surface area contributed by atoms with Crippen LogP contribution in [0.4, 0.5) is 5.82 Å². The van der Waals surface area contributed by atoms with E-state index in [1.54, 1.807) is 6.20 Å². The van der Waals surface area contributed by atoms with Crippen molar-refractivity contribution in [1.29, 1.82) is 0 Å². The van der Waals surface area contributed by atoms with Crippen molar-refractivity contribution in [2.75, 3.05) is 31.2 Å². The number of carbonyl (C=O) groups is 1. The van der Waals surface area contributed by atoms with Crippen molar-refractivity contribution >= 4 is 11.7 Å². The summed E-state index contributed by atoms with van der Waals surface area (Å²) in [5, 5.41) is 7.49. The van der Waals surface area contributed by atoms with Crippen LogP contribution < -0.4 is 10.2 Å². The largest absolute Gasteiger partial charge is 0.378 e. The number of hydrogen-bond acceptors (Lipinski definition) is 5. The molecule has 4 rings (SSSR count). The Morgan fingerprint density at radius 2 is 1.90 bits per heavy atom. The minimum absolute atomic E-state index is 0.110. The lowest BCUT2D eigenvalue weighted by Crippen LogP contribution is -2.37. The molecule has 7 nitrogen and oxygen atoms in total. The SMILES string of the molecule is Cc1cc(C)n(-c2ccc(C(=O)NCc3cccnc3N3CCOCC3)cc2)n1. The van der Waals surface area contributed by atoms with Crippen molar-refractivity contribution in [1.82, 2.24) is 20.1 Å². The van der Waals surface area contributed by atoms with Gasteiger partial charge in [-0.25, -0.2) is 9.67 Å². The Bertz CT molecular complexity index is 991. The molecule has 0 saturated carbocycles. The van der Waals surface area contributed by atoms with E-state index in [1.165, 1.54) is 0 Å². The van der Waals surface area contributed by atoms with Crippen molar-refractivity contribution in [3.05, 3.63) is 71.2 Å². The lowest BCUT2D eigenvalue weighted by atomic mass is 10.1. The van der Waals surface area contributed by atoms with Gasteiger partial charge in [-0.1, -0.05) is 6.07 Å². The van der Waals surface area contributed by atoms with Crippen molar-refractivity contribution in [3.8, 4) is 5.69 Å². The van der Waals surface area contributed by atoms with Crippen molar-refractivity contribution in [2.24, 2.45) is 0 Å². The van der Waals surface area contributed by atoms with Gasteiger partial charge in [0.2, 0.25) is 0 Å². The number of anilines is 1. The van der Waals surface area contributed by atoms with E-state index in [1.807, 2.05) is 61.0 Å². The highest BCUT2D eigenvalue weighted by atomic mass is 16.5. The molecule has 1 N–H and O–H groups in total. The van der Waals surface area contributed by atoms with Gasteiger partial charge in [-0.2, -0.15) is 5.10 Å². The van der Waals surface area contributed by atoms with Crippen LogP contribution >= 0.6 is 0 Å². The zero-order valence-electron chi connectivity index (χ0n) is 16.8. The fourth-order valence-corrected chi connectivity index (χ4v) is 3.55. The fourth-order valence-electron chi connectivity index (χ4n) is 3.55. The molecular weight excluding hydrogens is 366 g/mol. The van der Waals surface area contributed by atoms with Gasteiger partial charge >= 0.3 is 0 Å². The van der Waals surface area contributed by atoms with E-state index in [2.05, 4.69) is 20.3 Å². The molecule has 1 fully saturated rings. The number of carbonyl (C=O) groups excluding carboxylic acids is 1. The molecule has 1 amide bonds. The average Bonchev–Trinajstić information content (AvgIpc) is 3.11. The molecule has 3 heterocycles. The predicted molar refractivity (Wildman–Crippen MR) is 111 cm³/mol. The Morgan fingerprint density at radius 1 is 1.14 bits per heavy atom. The Kier molecular flexibility index (Phi) is 5.57. The van der Waals surface area contributed by atoms with E-state index in [0.717, 1.165) is 41.5 Å². The number of aromatic nitrogens is 3. The van der Waals surface area contributed by atoms with E-state index in [-0.39, 0.29) is 5.91 Å². The van der Waals surface area contributed by atoms with Crippen LogP contribution in [0, 0.1) is 13.8 Å². The van der Waals surface area contributed by atoms with Gasteiger partial charge in [-0.05, 0) is 50.2 Å². The topological polar surface area (TPSA) is 72.3 Å². The van der Waals surface area contributed by atoms with Crippen LogP contribution in [-0.2, 0) is 11.3 Å². The molecule has 2 aromatic heterocycles. The molecule has 0 radical (unpaired) electrons. The third kappa shape index (κ3) is 4.30. The molecule has 1 aliphatic heterocycles. The van der Waals surface area contributed by atoms with Crippen LogP contribution in [-0.4, -0.2) is 47.0 Å². The summed E-state index contributed by atoms with van der Waals surface area (Å²) >= 11 is 0. The van der Waals surface area contributed by atoms with E-state index >= 15 is 0 Å². The maximum Gasteiger partial charge on any atom is 0.251 e. The summed E-state index contributed by atoms with van der Waals surface area (Å²) < 4.78 is 7.30. The molecule has 0 unspecified atom stereocenters. The van der Waals surface area contributed by atoms with Gasteiger partial charge in [0.15, 0.2) is 0 Å². The first-order chi connectivity index (χ1) is 14.1. The number of amides is 1. The molecular formula is C22H25N5O2. The van der Waals surface area contributed by atoms with Gasteiger partial charge in [0.1, 0.15) is 5.82 Å². The number of rotatable bonds is 5. The summed E-state index contributed by atoms with van der Waals surface area (Å²) in [6, 6.07) is 13.4. The minimum atomic E-state index is -0.110. The van der Waals surface area contributed by atoms with Crippen molar-refractivity contribution in [2.45, 2.75) is 20.4 Å². The number of nitrogens with one attached hydrogen (secondary N) is 1. The molecule has 0 aliphatic carbocycles. The van der Waals surface area contributed by atoms with Gasteiger partial charge < -0.3 is 15.0 Å². The maximum atomic E-state index is 12.6. The second-order valence-corrected chi connectivity index (χ2v) is 7.15. The molecule has 29 heavy (non-hydrogen) atoms. The number of hydrogen-bond donors (Lipinski definition) is 1. The van der Waals surface area contributed by atoms with Crippen molar-refractivity contribution < 1.29 is 9.53 Å². The van der Waals surface area contributed by atoms with Gasteiger partial charge in [-0.3, -0.25) is 4.79 Å². The maximum absolute atomic E-state index is 12.6. The third-order valence-corrected chi connectivity index (χ3v) is 5.00. The van der Waals surface area contributed by atoms with E-state index < -0.39 is 0 Å². The monoisotopic (exact) mass is 391 g/mol. The Morgan fingerprint density at radius 3 is 2.59 bits per heavy atom. The lowest BCUT2D eigenvalue weighted by Gasteiger charge is -2.29. The smallest absolute Gasteiger partial charge is 0.251 e. The summed E-state index contributed by atoms with van der Waals surface area (Å²) in [5.41, 5.74) is 4.59. The first-order valence-electron chi connectivity index (χ1n) is 9.80. The number of aryl methyl sites for hydroxylation is 2. The summed E-state index contributed by atoms with van der Waals surface area (Å²) in [6.45, 7) is 7.43. The lowest BCUT2D eigenvalue weighted by molar-refractivity contribution is 0.0950. The summed E-state index contributed by atoms with van der Waals surface area (Å²) in [5.74, 6) is 0.803. The Balaban J connectivity index is 1.43. The zero-order chi connectivity index (χ0) is 20.2. The van der Waals surface area contributed by atoms with E-state index in [9.17, 15) is 4.79 Å². The minimum Gasteiger partial charge on any atom is -0.378 e. The highest BCUT2D eigenvalue weighted by Crippen LogP contribution is 2.19. The molecule has 0 spiro atoms. The summed E-state index contributed by atoms with van der Waals surface area (Å²) in [6.07, 6.45) is 1.79. The highest BCUT2D eigenvalue weighted by molar-refractivity contribution is 5.94. The van der Waals surface area contributed by atoms with Gasteiger partial charge in [0.05, 0.1) is 24.6 Å². The van der Waals surface area contributed by atoms with Crippen LogP contribution in [0.3, 0.4) is 0 Å².